The van der Waals surface area contributed by atoms with Crippen molar-refractivity contribution in [1.82, 2.24) is 4.57 Å². The van der Waals surface area contributed by atoms with Crippen LogP contribution in [0.2, 0.25) is 0 Å². The normalized spacial score (nSPS) is 10.9. The first kappa shape index (κ1) is 12.0. The summed E-state index contributed by atoms with van der Waals surface area (Å²) >= 11 is 0. The summed E-state index contributed by atoms with van der Waals surface area (Å²) in [6, 6.07) is 8.34. The molecule has 0 amide bonds. The van der Waals surface area contributed by atoms with Gasteiger partial charge in [-0.3, -0.25) is 0 Å². The minimum absolute atomic E-state index is 0.734. The van der Waals surface area contributed by atoms with Gasteiger partial charge in [0.15, 0.2) is 0 Å². The van der Waals surface area contributed by atoms with Gasteiger partial charge in [-0.05, 0) is 30.7 Å². The van der Waals surface area contributed by atoms with E-state index in [2.05, 4.69) is 35.9 Å². The molecule has 0 atom stereocenters. The van der Waals surface area contributed by atoms with Crippen LogP contribution in [0.5, 0.6) is 5.75 Å². The van der Waals surface area contributed by atoms with E-state index in [1.165, 1.54) is 10.9 Å². The number of aromatic nitrogens is 1. The van der Waals surface area contributed by atoms with Crippen LogP contribution in [-0.4, -0.2) is 24.9 Å². The van der Waals surface area contributed by atoms with Gasteiger partial charge in [0.05, 0.1) is 13.2 Å². The molecule has 0 saturated heterocycles. The number of methoxy groups -OCH3 is 1. The monoisotopic (exact) mass is 233 g/mol. The molecule has 3 heteroatoms. The van der Waals surface area contributed by atoms with E-state index in [0.717, 1.165) is 31.9 Å². The molecule has 1 heterocycles. The molecule has 0 bridgehead atoms. The summed E-state index contributed by atoms with van der Waals surface area (Å²) in [6.07, 6.45) is 3.13. The maximum atomic E-state index is 5.62. The third-order valence-corrected chi connectivity index (χ3v) is 2.75. The first-order valence-corrected chi connectivity index (χ1v) is 6.05. The van der Waals surface area contributed by atoms with Crippen LogP contribution in [0.25, 0.3) is 10.9 Å². The number of hydrogen-bond donors (Lipinski definition) is 0. The molecule has 0 saturated carbocycles. The molecule has 3 nitrogen and oxygen atoms in total. The van der Waals surface area contributed by atoms with Crippen molar-refractivity contribution in [2.24, 2.45) is 0 Å². The van der Waals surface area contributed by atoms with Crippen molar-refractivity contribution in [3.05, 3.63) is 30.5 Å². The van der Waals surface area contributed by atoms with Crippen LogP contribution < -0.4 is 4.74 Å². The predicted octanol–water partition coefficient (Wildman–Crippen LogP) is 3.08. The zero-order valence-corrected chi connectivity index (χ0v) is 10.5. The highest BCUT2D eigenvalue weighted by atomic mass is 16.5. The van der Waals surface area contributed by atoms with Gasteiger partial charge in [0.1, 0.15) is 5.75 Å². The molecule has 0 fully saturated rings. The Morgan fingerprint density at radius 3 is 2.82 bits per heavy atom. The van der Waals surface area contributed by atoms with E-state index in [1.54, 1.807) is 7.11 Å². The number of fused-ring (bicyclic) bond motifs is 1. The minimum Gasteiger partial charge on any atom is -0.494 e. The third kappa shape index (κ3) is 2.80. The Hall–Kier alpha value is -1.48. The molecular weight excluding hydrogens is 214 g/mol. The van der Waals surface area contributed by atoms with Crippen LogP contribution in [0.15, 0.2) is 30.5 Å². The lowest BCUT2D eigenvalue weighted by Gasteiger charge is -2.06. The van der Waals surface area contributed by atoms with E-state index in [9.17, 15) is 0 Å². The van der Waals surface area contributed by atoms with E-state index < -0.39 is 0 Å². The highest BCUT2D eigenvalue weighted by Crippen LogP contribution is 2.22. The first-order chi connectivity index (χ1) is 8.35. The Labute approximate surface area is 102 Å². The molecule has 0 aliphatic rings. The van der Waals surface area contributed by atoms with Crippen molar-refractivity contribution in [1.29, 1.82) is 0 Å². The molecule has 1 aromatic heterocycles. The van der Waals surface area contributed by atoms with Crippen molar-refractivity contribution in [3.63, 3.8) is 0 Å². The van der Waals surface area contributed by atoms with Crippen molar-refractivity contribution in [2.45, 2.75) is 19.9 Å². The lowest BCUT2D eigenvalue weighted by atomic mass is 10.2. The molecular formula is C14H19NO2. The van der Waals surface area contributed by atoms with E-state index in [0.29, 0.717) is 0 Å². The Bertz CT molecular complexity index is 476. The molecule has 0 spiro atoms. The molecule has 0 aliphatic heterocycles. The van der Waals surface area contributed by atoms with Gasteiger partial charge in [-0.1, -0.05) is 6.92 Å². The highest BCUT2D eigenvalue weighted by Gasteiger charge is 2.02. The fraction of sp³-hybridized carbons (Fsp3) is 0.429. The second-order valence-electron chi connectivity index (χ2n) is 4.07. The Kier molecular flexibility index (Phi) is 4.04. The Morgan fingerprint density at radius 1 is 1.18 bits per heavy atom. The molecule has 0 aliphatic carbocycles. The topological polar surface area (TPSA) is 23.4 Å². The number of ether oxygens (including phenoxy) is 2. The molecule has 17 heavy (non-hydrogen) atoms. The number of nitrogens with zero attached hydrogens (tertiary/aromatic N) is 1. The minimum atomic E-state index is 0.734. The van der Waals surface area contributed by atoms with Crippen molar-refractivity contribution < 1.29 is 9.47 Å². The second kappa shape index (κ2) is 5.73. The largest absolute Gasteiger partial charge is 0.494 e. The number of benzene rings is 1. The van der Waals surface area contributed by atoms with Gasteiger partial charge < -0.3 is 14.0 Å². The zero-order valence-electron chi connectivity index (χ0n) is 10.5. The molecule has 1 aromatic carbocycles. The summed E-state index contributed by atoms with van der Waals surface area (Å²) < 4.78 is 12.9. The van der Waals surface area contributed by atoms with Gasteiger partial charge in [0, 0.05) is 30.8 Å². The smallest absolute Gasteiger partial charge is 0.120 e. The first-order valence-electron chi connectivity index (χ1n) is 6.05. The molecule has 0 unspecified atom stereocenters. The summed E-state index contributed by atoms with van der Waals surface area (Å²) in [7, 11) is 1.72. The van der Waals surface area contributed by atoms with E-state index in [1.807, 2.05) is 6.07 Å². The Morgan fingerprint density at radius 2 is 2.06 bits per heavy atom. The van der Waals surface area contributed by atoms with Gasteiger partial charge >= 0.3 is 0 Å². The quantitative estimate of drug-likeness (QED) is 0.765. The predicted molar refractivity (Wildman–Crippen MR) is 69.6 cm³/mol. The summed E-state index contributed by atoms with van der Waals surface area (Å²) in [5.41, 5.74) is 1.23. The number of rotatable bonds is 6. The summed E-state index contributed by atoms with van der Waals surface area (Å²) in [4.78, 5) is 0. The molecule has 2 rings (SSSR count). The maximum absolute atomic E-state index is 5.62. The van der Waals surface area contributed by atoms with Crippen LogP contribution in [0.4, 0.5) is 0 Å². The third-order valence-electron chi connectivity index (χ3n) is 2.75. The molecule has 92 valence electrons. The summed E-state index contributed by atoms with van der Waals surface area (Å²) in [5.74, 6) is 0.948. The van der Waals surface area contributed by atoms with Crippen LogP contribution in [-0.2, 0) is 11.3 Å². The number of hydrogen-bond acceptors (Lipinski definition) is 2. The maximum Gasteiger partial charge on any atom is 0.120 e. The van der Waals surface area contributed by atoms with Crippen LogP contribution >= 0.6 is 0 Å². The van der Waals surface area contributed by atoms with Gasteiger partial charge in [0.2, 0.25) is 0 Å². The van der Waals surface area contributed by atoms with Crippen LogP contribution in [0.1, 0.15) is 13.3 Å². The molecule has 2 aromatic rings. The fourth-order valence-corrected chi connectivity index (χ4v) is 1.87. The SMILES string of the molecule is CCCOc1ccc2c(ccn2CCOC)c1. The standard InChI is InChI=1S/C14H19NO2/c1-3-9-17-13-4-5-14-12(11-13)6-7-15(14)8-10-16-2/h4-7,11H,3,8-10H2,1-2H3. The average molecular weight is 233 g/mol. The van der Waals surface area contributed by atoms with Gasteiger partial charge in [-0.15, -0.1) is 0 Å². The highest BCUT2D eigenvalue weighted by molar-refractivity contribution is 5.81. The van der Waals surface area contributed by atoms with Crippen LogP contribution in [0, 0.1) is 0 Å². The average Bonchev–Trinajstić information content (AvgIpc) is 2.76. The van der Waals surface area contributed by atoms with E-state index in [4.69, 9.17) is 9.47 Å². The van der Waals surface area contributed by atoms with Crippen LogP contribution in [0.3, 0.4) is 0 Å². The van der Waals surface area contributed by atoms with E-state index in [-0.39, 0.29) is 0 Å². The van der Waals surface area contributed by atoms with Gasteiger partial charge in [0.25, 0.3) is 0 Å². The van der Waals surface area contributed by atoms with Gasteiger partial charge in [-0.25, -0.2) is 0 Å². The van der Waals surface area contributed by atoms with E-state index >= 15 is 0 Å². The van der Waals surface area contributed by atoms with Crippen molar-refractivity contribution in [2.75, 3.05) is 20.3 Å². The summed E-state index contributed by atoms with van der Waals surface area (Å²) in [5, 5.41) is 1.22. The lowest BCUT2D eigenvalue weighted by Crippen LogP contribution is -2.02. The van der Waals surface area contributed by atoms with Crippen molar-refractivity contribution >= 4 is 10.9 Å². The summed E-state index contributed by atoms with van der Waals surface area (Å²) in [6.45, 7) is 4.50. The van der Waals surface area contributed by atoms with Crippen molar-refractivity contribution in [3.8, 4) is 5.75 Å². The second-order valence-corrected chi connectivity index (χ2v) is 4.07. The Balaban J connectivity index is 2.19. The zero-order chi connectivity index (χ0) is 12.1. The fourth-order valence-electron chi connectivity index (χ4n) is 1.87. The molecule has 0 N–H and O–H groups in total. The molecule has 0 radical (unpaired) electrons. The lowest BCUT2D eigenvalue weighted by molar-refractivity contribution is 0.188. The van der Waals surface area contributed by atoms with Gasteiger partial charge in [-0.2, -0.15) is 0 Å².